The Bertz CT molecular complexity index is 468. The molecule has 20 heavy (non-hydrogen) atoms. The van der Waals surface area contributed by atoms with Crippen LogP contribution in [0.25, 0.3) is 0 Å². The molecule has 2 unspecified atom stereocenters. The van der Waals surface area contributed by atoms with E-state index in [-0.39, 0.29) is 6.10 Å². The van der Waals surface area contributed by atoms with Crippen molar-refractivity contribution in [3.8, 4) is 5.75 Å². The van der Waals surface area contributed by atoms with Crippen LogP contribution in [0.4, 0.5) is 0 Å². The van der Waals surface area contributed by atoms with Crippen LogP contribution in [0.3, 0.4) is 0 Å². The molecule has 0 aromatic heterocycles. The van der Waals surface area contributed by atoms with Crippen LogP contribution < -0.4 is 4.74 Å². The van der Waals surface area contributed by atoms with Gasteiger partial charge in [0.05, 0.1) is 25.4 Å². The molecule has 3 nitrogen and oxygen atoms in total. The fraction of sp³-hybridized carbons (Fsp3) is 0.647. The molecule has 0 bridgehead atoms. The van der Waals surface area contributed by atoms with Gasteiger partial charge >= 0.3 is 0 Å². The van der Waals surface area contributed by atoms with E-state index < -0.39 is 5.60 Å². The highest BCUT2D eigenvalue weighted by Gasteiger charge is 2.37. The lowest BCUT2D eigenvalue weighted by atomic mass is 9.80. The maximum absolute atomic E-state index is 11.1. The third kappa shape index (κ3) is 2.99. The summed E-state index contributed by atoms with van der Waals surface area (Å²) in [5, 5.41) is 11.1. The third-order valence-corrected chi connectivity index (χ3v) is 4.29. The Morgan fingerprint density at radius 1 is 1.35 bits per heavy atom. The van der Waals surface area contributed by atoms with Crippen molar-refractivity contribution >= 4 is 0 Å². The highest BCUT2D eigenvalue weighted by atomic mass is 16.5. The topological polar surface area (TPSA) is 38.7 Å². The van der Waals surface area contributed by atoms with Gasteiger partial charge < -0.3 is 14.6 Å². The summed E-state index contributed by atoms with van der Waals surface area (Å²) in [6, 6.07) is 4.09. The van der Waals surface area contributed by atoms with Gasteiger partial charge in [-0.05, 0) is 49.1 Å². The molecule has 2 atom stereocenters. The lowest BCUT2D eigenvalue weighted by Gasteiger charge is -2.38. The largest absolute Gasteiger partial charge is 0.496 e. The first kappa shape index (κ1) is 15.3. The Balaban J connectivity index is 2.31. The molecule has 112 valence electrons. The average Bonchev–Trinajstić information content (AvgIpc) is 2.41. The average molecular weight is 278 g/mol. The molecule has 0 aliphatic carbocycles. The molecule has 1 heterocycles. The Labute approximate surface area is 121 Å². The Hall–Kier alpha value is -1.06. The molecule has 0 radical (unpaired) electrons. The number of hydrogen-bond acceptors (Lipinski definition) is 3. The fourth-order valence-corrected chi connectivity index (χ4v) is 3.20. The second-order valence-corrected chi connectivity index (χ2v) is 5.90. The summed E-state index contributed by atoms with van der Waals surface area (Å²) in [5.41, 5.74) is 2.42. The number of benzene rings is 1. The van der Waals surface area contributed by atoms with Gasteiger partial charge in [0.25, 0.3) is 0 Å². The van der Waals surface area contributed by atoms with Gasteiger partial charge in [0.1, 0.15) is 5.75 Å². The van der Waals surface area contributed by atoms with Crippen molar-refractivity contribution in [2.75, 3.05) is 13.7 Å². The number of aryl methyl sites for hydroxylation is 2. The minimum atomic E-state index is -0.765. The van der Waals surface area contributed by atoms with Gasteiger partial charge in [-0.15, -0.1) is 0 Å². The Morgan fingerprint density at radius 2 is 2.10 bits per heavy atom. The van der Waals surface area contributed by atoms with Crippen molar-refractivity contribution in [3.63, 3.8) is 0 Å². The number of aliphatic hydroxyl groups is 1. The molecule has 1 saturated heterocycles. The summed E-state index contributed by atoms with van der Waals surface area (Å²) >= 11 is 0. The standard InChI is InChI=1S/C17H26O3/c1-5-6-14-11-17(18,7-8-20-14)15-9-13(3)16(19-4)10-12(15)2/h9-10,14,18H,5-8,11H2,1-4H3. The normalized spacial score (nSPS) is 26.6. The number of rotatable bonds is 4. The van der Waals surface area contributed by atoms with E-state index in [1.165, 1.54) is 0 Å². The van der Waals surface area contributed by atoms with Crippen molar-refractivity contribution < 1.29 is 14.6 Å². The molecule has 1 fully saturated rings. The van der Waals surface area contributed by atoms with Crippen LogP contribution in [-0.2, 0) is 10.3 Å². The molecule has 1 aliphatic rings. The maximum Gasteiger partial charge on any atom is 0.122 e. The zero-order chi connectivity index (χ0) is 14.8. The van der Waals surface area contributed by atoms with E-state index in [1.807, 2.05) is 19.9 Å². The number of hydrogen-bond donors (Lipinski definition) is 1. The zero-order valence-corrected chi connectivity index (χ0v) is 13.0. The maximum atomic E-state index is 11.1. The number of ether oxygens (including phenoxy) is 2. The molecule has 1 aromatic carbocycles. The molecular weight excluding hydrogens is 252 g/mol. The summed E-state index contributed by atoms with van der Waals surface area (Å²) in [4.78, 5) is 0. The van der Waals surface area contributed by atoms with E-state index in [0.29, 0.717) is 19.4 Å². The predicted molar refractivity (Wildman–Crippen MR) is 80.2 cm³/mol. The van der Waals surface area contributed by atoms with Crippen molar-refractivity contribution in [1.29, 1.82) is 0 Å². The van der Waals surface area contributed by atoms with E-state index in [0.717, 1.165) is 35.3 Å². The van der Waals surface area contributed by atoms with Crippen LogP contribution in [0, 0.1) is 13.8 Å². The molecule has 1 N–H and O–H groups in total. The van der Waals surface area contributed by atoms with Crippen molar-refractivity contribution in [3.05, 3.63) is 28.8 Å². The van der Waals surface area contributed by atoms with E-state index >= 15 is 0 Å². The molecule has 0 amide bonds. The first-order valence-electron chi connectivity index (χ1n) is 7.50. The molecule has 1 aromatic rings. The Morgan fingerprint density at radius 3 is 2.75 bits per heavy atom. The highest BCUT2D eigenvalue weighted by molar-refractivity contribution is 5.44. The van der Waals surface area contributed by atoms with Crippen LogP contribution in [0.5, 0.6) is 5.75 Å². The quantitative estimate of drug-likeness (QED) is 0.916. The van der Waals surface area contributed by atoms with E-state index in [4.69, 9.17) is 9.47 Å². The minimum Gasteiger partial charge on any atom is -0.496 e. The van der Waals surface area contributed by atoms with Gasteiger partial charge in [-0.25, -0.2) is 0 Å². The van der Waals surface area contributed by atoms with Gasteiger partial charge in [0, 0.05) is 12.8 Å². The second kappa shape index (κ2) is 6.15. The lowest BCUT2D eigenvalue weighted by Crippen LogP contribution is -2.39. The van der Waals surface area contributed by atoms with Gasteiger partial charge in [-0.3, -0.25) is 0 Å². The van der Waals surface area contributed by atoms with Crippen molar-refractivity contribution in [2.24, 2.45) is 0 Å². The number of methoxy groups -OCH3 is 1. The van der Waals surface area contributed by atoms with Crippen LogP contribution in [0.15, 0.2) is 12.1 Å². The summed E-state index contributed by atoms with van der Waals surface area (Å²) in [7, 11) is 1.68. The molecule has 0 spiro atoms. The molecule has 3 heteroatoms. The molecule has 2 rings (SSSR count). The van der Waals surface area contributed by atoms with Crippen LogP contribution >= 0.6 is 0 Å². The van der Waals surface area contributed by atoms with E-state index in [9.17, 15) is 5.11 Å². The second-order valence-electron chi connectivity index (χ2n) is 5.90. The van der Waals surface area contributed by atoms with Crippen molar-refractivity contribution in [1.82, 2.24) is 0 Å². The van der Waals surface area contributed by atoms with E-state index in [2.05, 4.69) is 13.0 Å². The smallest absolute Gasteiger partial charge is 0.122 e. The van der Waals surface area contributed by atoms with Crippen LogP contribution in [0.2, 0.25) is 0 Å². The van der Waals surface area contributed by atoms with Gasteiger partial charge in [0.2, 0.25) is 0 Å². The van der Waals surface area contributed by atoms with Crippen LogP contribution in [-0.4, -0.2) is 24.9 Å². The molecular formula is C17H26O3. The summed E-state index contributed by atoms with van der Waals surface area (Å²) < 4.78 is 11.1. The molecule has 1 aliphatic heterocycles. The first-order chi connectivity index (χ1) is 9.50. The van der Waals surface area contributed by atoms with Gasteiger partial charge in [-0.2, -0.15) is 0 Å². The summed E-state index contributed by atoms with van der Waals surface area (Å²) in [6.07, 6.45) is 3.62. The third-order valence-electron chi connectivity index (χ3n) is 4.29. The SMILES string of the molecule is CCCC1CC(O)(c2cc(C)c(OC)cc2C)CCO1. The minimum absolute atomic E-state index is 0.167. The van der Waals surface area contributed by atoms with Crippen LogP contribution in [0.1, 0.15) is 49.3 Å². The predicted octanol–water partition coefficient (Wildman–Crippen LogP) is 3.48. The fourth-order valence-electron chi connectivity index (χ4n) is 3.20. The highest BCUT2D eigenvalue weighted by Crippen LogP contribution is 2.39. The van der Waals surface area contributed by atoms with Gasteiger partial charge in [-0.1, -0.05) is 13.3 Å². The Kier molecular flexibility index (Phi) is 4.71. The zero-order valence-electron chi connectivity index (χ0n) is 13.0. The van der Waals surface area contributed by atoms with Gasteiger partial charge in [0.15, 0.2) is 0 Å². The molecule has 0 saturated carbocycles. The van der Waals surface area contributed by atoms with Crippen molar-refractivity contribution in [2.45, 2.75) is 58.2 Å². The first-order valence-corrected chi connectivity index (χ1v) is 7.50. The van der Waals surface area contributed by atoms with E-state index in [1.54, 1.807) is 7.11 Å². The monoisotopic (exact) mass is 278 g/mol. The lowest BCUT2D eigenvalue weighted by molar-refractivity contribution is -0.110. The summed E-state index contributed by atoms with van der Waals surface area (Å²) in [6.45, 7) is 6.85. The summed E-state index contributed by atoms with van der Waals surface area (Å²) in [5.74, 6) is 0.881.